The Bertz CT molecular complexity index is 198. The van der Waals surface area contributed by atoms with Crippen molar-refractivity contribution in [3.63, 3.8) is 0 Å². The molecule has 1 nitrogen and oxygen atoms in total. The fourth-order valence-corrected chi connectivity index (χ4v) is 0.929. The van der Waals surface area contributed by atoms with Crippen LogP contribution in [-0.4, -0.2) is 0 Å². The predicted molar refractivity (Wildman–Crippen MR) is 42.1 cm³/mol. The van der Waals surface area contributed by atoms with Crippen molar-refractivity contribution < 1.29 is 0 Å². The molecule has 9 heavy (non-hydrogen) atoms. The van der Waals surface area contributed by atoms with Crippen molar-refractivity contribution in [2.24, 2.45) is 0 Å². The quantitative estimate of drug-likeness (QED) is 0.590. The Kier molecular flexibility index (Phi) is 2.01. The molecule has 0 aliphatic carbocycles. The fraction of sp³-hybridized carbons (Fsp3) is 0.143. The summed E-state index contributed by atoms with van der Waals surface area (Å²) >= 11 is 4.83. The Morgan fingerprint density at radius 1 is 1.33 bits per heavy atom. The first-order valence-electron chi connectivity index (χ1n) is 2.76. The van der Waals surface area contributed by atoms with E-state index in [9.17, 15) is 0 Å². The number of benzene rings is 1. The molecule has 0 atom stereocenters. The minimum Gasteiger partial charge on any atom is -0.398 e. The number of hydrogen-bond donors (Lipinski definition) is 1. The summed E-state index contributed by atoms with van der Waals surface area (Å²) in [5.41, 5.74) is 7.41. The van der Waals surface area contributed by atoms with Gasteiger partial charge in [0, 0.05) is 11.4 Å². The second-order valence-electron chi connectivity index (χ2n) is 1.84. The lowest BCUT2D eigenvalue weighted by molar-refractivity contribution is 1.43. The van der Waals surface area contributed by atoms with Crippen LogP contribution < -0.4 is 5.73 Å². The highest BCUT2D eigenvalue weighted by molar-refractivity contribution is 7.79. The molecule has 47 valence electrons. The standard InChI is InChI=1S/C7H8NS/c8-7-4-2-1-3-6(7)5-9/h1-4H,5,8H2. The highest BCUT2D eigenvalue weighted by Crippen LogP contribution is 2.11. The molecular formula is C7H8NS. The largest absolute Gasteiger partial charge is 0.398 e. The summed E-state index contributed by atoms with van der Waals surface area (Å²) in [6.07, 6.45) is 0. The molecule has 0 unspecified atom stereocenters. The minimum absolute atomic E-state index is 0.604. The van der Waals surface area contributed by atoms with Crippen molar-refractivity contribution >= 4 is 18.3 Å². The van der Waals surface area contributed by atoms with Gasteiger partial charge in [0.05, 0.1) is 0 Å². The molecule has 0 spiro atoms. The highest BCUT2D eigenvalue weighted by Gasteiger charge is 1.91. The number of rotatable bonds is 1. The van der Waals surface area contributed by atoms with Crippen LogP contribution in [0.2, 0.25) is 0 Å². The van der Waals surface area contributed by atoms with Gasteiger partial charge in [-0.3, -0.25) is 0 Å². The van der Waals surface area contributed by atoms with Gasteiger partial charge < -0.3 is 5.73 Å². The maximum atomic E-state index is 5.56. The molecule has 0 heterocycles. The molecule has 0 saturated carbocycles. The van der Waals surface area contributed by atoms with Gasteiger partial charge in [0.15, 0.2) is 0 Å². The summed E-state index contributed by atoms with van der Waals surface area (Å²) in [7, 11) is 0. The lowest BCUT2D eigenvalue weighted by atomic mass is 10.2. The highest BCUT2D eigenvalue weighted by atomic mass is 32.1. The van der Waals surface area contributed by atoms with Crippen molar-refractivity contribution in [2.45, 2.75) is 5.75 Å². The second-order valence-corrected chi connectivity index (χ2v) is 2.13. The zero-order valence-electron chi connectivity index (χ0n) is 5.00. The van der Waals surface area contributed by atoms with Crippen molar-refractivity contribution in [3.8, 4) is 0 Å². The first-order valence-corrected chi connectivity index (χ1v) is 3.34. The number of hydrogen-bond acceptors (Lipinski definition) is 1. The van der Waals surface area contributed by atoms with Gasteiger partial charge in [-0.05, 0) is 11.6 Å². The van der Waals surface area contributed by atoms with Crippen LogP contribution in [-0.2, 0) is 5.75 Å². The molecule has 0 aromatic heterocycles. The van der Waals surface area contributed by atoms with Crippen LogP contribution in [0.1, 0.15) is 5.56 Å². The molecule has 0 fully saturated rings. The van der Waals surface area contributed by atoms with Crippen LogP contribution in [0.4, 0.5) is 5.69 Å². The number of para-hydroxylation sites is 1. The molecule has 2 heteroatoms. The average molecular weight is 138 g/mol. The van der Waals surface area contributed by atoms with E-state index < -0.39 is 0 Å². The lowest BCUT2D eigenvalue weighted by Crippen LogP contribution is -1.89. The van der Waals surface area contributed by atoms with Crippen molar-refractivity contribution in [1.29, 1.82) is 0 Å². The third-order valence-electron chi connectivity index (χ3n) is 1.21. The lowest BCUT2D eigenvalue weighted by Gasteiger charge is -1.97. The zero-order chi connectivity index (χ0) is 6.69. The molecule has 0 aliphatic heterocycles. The summed E-state index contributed by atoms with van der Waals surface area (Å²) in [4.78, 5) is 0. The molecule has 1 radical (unpaired) electrons. The molecule has 1 aromatic rings. The molecule has 0 bridgehead atoms. The van der Waals surface area contributed by atoms with E-state index >= 15 is 0 Å². The van der Waals surface area contributed by atoms with E-state index in [1.165, 1.54) is 0 Å². The average Bonchev–Trinajstić information content (AvgIpc) is 1.89. The monoisotopic (exact) mass is 138 g/mol. The second kappa shape index (κ2) is 2.78. The molecule has 1 rings (SSSR count). The Labute approximate surface area is 60.3 Å². The van der Waals surface area contributed by atoms with E-state index in [0.29, 0.717) is 5.75 Å². The molecule has 0 saturated heterocycles. The summed E-state index contributed by atoms with van der Waals surface area (Å²) < 4.78 is 0. The van der Waals surface area contributed by atoms with Crippen molar-refractivity contribution in [1.82, 2.24) is 0 Å². The maximum absolute atomic E-state index is 5.56. The fourth-order valence-electron chi connectivity index (χ4n) is 0.666. The first-order chi connectivity index (χ1) is 4.34. The van der Waals surface area contributed by atoms with Gasteiger partial charge >= 0.3 is 0 Å². The third kappa shape index (κ3) is 1.39. The number of nitrogens with two attached hydrogens (primary N) is 1. The predicted octanol–water partition coefficient (Wildman–Crippen LogP) is 1.97. The zero-order valence-corrected chi connectivity index (χ0v) is 5.82. The normalized spacial score (nSPS) is 9.44. The van der Waals surface area contributed by atoms with Gasteiger partial charge in [0.1, 0.15) is 0 Å². The van der Waals surface area contributed by atoms with Gasteiger partial charge in [-0.15, -0.1) is 0 Å². The summed E-state index contributed by atoms with van der Waals surface area (Å²) in [6.45, 7) is 0. The molecule has 0 amide bonds. The van der Waals surface area contributed by atoms with Gasteiger partial charge in [-0.1, -0.05) is 30.8 Å². The molecule has 2 N–H and O–H groups in total. The summed E-state index contributed by atoms with van der Waals surface area (Å²) in [5.74, 6) is 0.604. The van der Waals surface area contributed by atoms with E-state index in [0.717, 1.165) is 11.3 Å². The van der Waals surface area contributed by atoms with Crippen molar-refractivity contribution in [2.75, 3.05) is 5.73 Å². The van der Waals surface area contributed by atoms with Crippen LogP contribution in [0.5, 0.6) is 0 Å². The molecule has 0 aliphatic rings. The smallest absolute Gasteiger partial charge is 0.0355 e. The van der Waals surface area contributed by atoms with Crippen LogP contribution in [0, 0.1) is 0 Å². The number of anilines is 1. The molecular weight excluding hydrogens is 130 g/mol. The van der Waals surface area contributed by atoms with E-state index in [4.69, 9.17) is 18.4 Å². The number of nitrogen functional groups attached to an aromatic ring is 1. The van der Waals surface area contributed by atoms with E-state index in [-0.39, 0.29) is 0 Å². The van der Waals surface area contributed by atoms with Crippen LogP contribution in [0.25, 0.3) is 0 Å². The first kappa shape index (κ1) is 6.49. The third-order valence-corrected chi connectivity index (χ3v) is 1.52. The Morgan fingerprint density at radius 2 is 2.00 bits per heavy atom. The van der Waals surface area contributed by atoms with Gasteiger partial charge in [0.2, 0.25) is 0 Å². The van der Waals surface area contributed by atoms with Gasteiger partial charge in [-0.2, -0.15) is 0 Å². The minimum atomic E-state index is 0.604. The van der Waals surface area contributed by atoms with E-state index in [2.05, 4.69) is 0 Å². The SMILES string of the molecule is Nc1ccccc1C[S]. The summed E-state index contributed by atoms with van der Waals surface area (Å²) in [5, 5.41) is 0. The van der Waals surface area contributed by atoms with E-state index in [1.54, 1.807) is 0 Å². The Morgan fingerprint density at radius 3 is 2.44 bits per heavy atom. The van der Waals surface area contributed by atoms with Crippen LogP contribution in [0.15, 0.2) is 24.3 Å². The summed E-state index contributed by atoms with van der Waals surface area (Å²) in [6, 6.07) is 7.66. The van der Waals surface area contributed by atoms with Gasteiger partial charge in [-0.25, -0.2) is 0 Å². The molecule has 1 aromatic carbocycles. The van der Waals surface area contributed by atoms with E-state index in [1.807, 2.05) is 24.3 Å². The topological polar surface area (TPSA) is 26.0 Å². The van der Waals surface area contributed by atoms with Crippen molar-refractivity contribution in [3.05, 3.63) is 29.8 Å². The Hall–Kier alpha value is -0.630. The van der Waals surface area contributed by atoms with Crippen LogP contribution in [0.3, 0.4) is 0 Å². The maximum Gasteiger partial charge on any atom is 0.0355 e. The van der Waals surface area contributed by atoms with Crippen LogP contribution >= 0.6 is 12.6 Å². The Balaban J connectivity index is 3.01. The van der Waals surface area contributed by atoms with Gasteiger partial charge in [0.25, 0.3) is 0 Å².